The molecule has 8 rings (SSSR count). The van der Waals surface area contributed by atoms with Crippen molar-refractivity contribution in [3.05, 3.63) is 23.9 Å². The van der Waals surface area contributed by atoms with Gasteiger partial charge in [-0.25, -0.2) is 9.97 Å². The third-order valence-corrected chi connectivity index (χ3v) is 7.55. The molecular formula is C22H24F3N7O. The van der Waals surface area contributed by atoms with E-state index in [2.05, 4.69) is 25.1 Å². The van der Waals surface area contributed by atoms with Gasteiger partial charge in [0.05, 0.1) is 23.3 Å². The molecule has 2 aromatic rings. The van der Waals surface area contributed by atoms with E-state index < -0.39 is 17.6 Å². The summed E-state index contributed by atoms with van der Waals surface area (Å²) in [7, 11) is 0. The molecule has 3 N–H and O–H groups in total. The zero-order valence-corrected chi connectivity index (χ0v) is 18.0. The van der Waals surface area contributed by atoms with Crippen LogP contribution in [-0.4, -0.2) is 52.1 Å². The Morgan fingerprint density at radius 2 is 1.94 bits per heavy atom. The van der Waals surface area contributed by atoms with Crippen LogP contribution in [0.15, 0.2) is 18.3 Å². The lowest BCUT2D eigenvalue weighted by Gasteiger charge is -2.37. The predicted molar refractivity (Wildman–Crippen MR) is 115 cm³/mol. The van der Waals surface area contributed by atoms with Gasteiger partial charge in [0.25, 0.3) is 0 Å². The second-order valence-corrected chi connectivity index (χ2v) is 9.65. The summed E-state index contributed by atoms with van der Waals surface area (Å²) in [6, 6.07) is 3.30. The topological polar surface area (TPSA) is 100 Å². The summed E-state index contributed by atoms with van der Waals surface area (Å²) in [6.07, 6.45) is -0.124. The first-order valence-corrected chi connectivity index (χ1v) is 11.2. The molecule has 0 spiro atoms. The first-order chi connectivity index (χ1) is 15.7. The van der Waals surface area contributed by atoms with Crippen LogP contribution in [0.25, 0.3) is 11.3 Å². The summed E-state index contributed by atoms with van der Waals surface area (Å²) in [5.74, 6) is 1.56. The fraction of sp³-hybridized carbons (Fsp3) is 0.545. The smallest absolute Gasteiger partial charge is 0.383 e. The SMILES string of the molecule is CC(=O)N[C@H]1C2C[C@@H]1N(c1cc(-c3cnc(N)c(C(F)(F)F)c3)nc(N3CC4CC3C4)n1)C2. The van der Waals surface area contributed by atoms with Crippen LogP contribution in [0.3, 0.4) is 0 Å². The molecule has 0 radical (unpaired) electrons. The summed E-state index contributed by atoms with van der Waals surface area (Å²) >= 11 is 0. The van der Waals surface area contributed by atoms with E-state index in [1.165, 1.54) is 13.1 Å². The molecule has 0 aromatic carbocycles. The lowest BCUT2D eigenvalue weighted by molar-refractivity contribution is -0.137. The molecule has 4 saturated heterocycles. The van der Waals surface area contributed by atoms with Crippen LogP contribution in [0.2, 0.25) is 0 Å². The first kappa shape index (κ1) is 20.5. The van der Waals surface area contributed by atoms with Crippen molar-refractivity contribution in [2.75, 3.05) is 28.6 Å². The van der Waals surface area contributed by atoms with Crippen LogP contribution in [-0.2, 0) is 11.0 Å². The zero-order chi connectivity index (χ0) is 23.1. The van der Waals surface area contributed by atoms with E-state index in [1.54, 1.807) is 6.07 Å². The molecule has 11 heteroatoms. The molecule has 174 valence electrons. The summed E-state index contributed by atoms with van der Waals surface area (Å²) in [6.45, 7) is 3.11. The number of anilines is 3. The number of nitrogens with two attached hydrogens (primary N) is 1. The number of aromatic nitrogens is 3. The van der Waals surface area contributed by atoms with Crippen LogP contribution in [0.1, 0.15) is 31.7 Å². The van der Waals surface area contributed by atoms with Crippen molar-refractivity contribution < 1.29 is 18.0 Å². The third kappa shape index (κ3) is 3.27. The molecule has 3 atom stereocenters. The number of hydrogen-bond acceptors (Lipinski definition) is 7. The van der Waals surface area contributed by atoms with Gasteiger partial charge in [0.1, 0.15) is 11.6 Å². The van der Waals surface area contributed by atoms with E-state index in [0.717, 1.165) is 38.4 Å². The molecule has 33 heavy (non-hydrogen) atoms. The van der Waals surface area contributed by atoms with Crippen molar-refractivity contribution in [2.45, 2.75) is 50.5 Å². The quantitative estimate of drug-likeness (QED) is 0.725. The van der Waals surface area contributed by atoms with Gasteiger partial charge in [-0.15, -0.1) is 0 Å². The van der Waals surface area contributed by atoms with Crippen molar-refractivity contribution in [2.24, 2.45) is 11.8 Å². The average Bonchev–Trinajstić information content (AvgIpc) is 3.49. The Kier molecular flexibility index (Phi) is 4.31. The number of nitrogen functional groups attached to an aromatic ring is 1. The van der Waals surface area contributed by atoms with Crippen LogP contribution >= 0.6 is 0 Å². The Labute approximate surface area is 188 Å². The van der Waals surface area contributed by atoms with Crippen LogP contribution in [0, 0.1) is 11.8 Å². The zero-order valence-electron chi connectivity index (χ0n) is 18.0. The second kappa shape index (κ2) is 6.94. The molecule has 1 amide bonds. The molecule has 6 fully saturated rings. The fourth-order valence-electron chi connectivity index (χ4n) is 5.80. The number of nitrogens with zero attached hydrogens (tertiary/aromatic N) is 5. The standard InChI is InChI=1S/C22H24F3N7O/c1-10(33)28-19-13-5-17(19)32(9-13)18-6-16(12-4-15(22(23,24)25)20(26)27-7-12)29-21(30-18)31-8-11-2-14(31)3-11/h4,6-7,11,13-14,17,19H,2-3,5,8-9H2,1H3,(H2,26,27)(H,28,33)/t11?,13?,14?,17-,19-/m0/s1. The van der Waals surface area contributed by atoms with Gasteiger partial charge in [-0.2, -0.15) is 18.2 Å². The molecular weight excluding hydrogens is 435 g/mol. The van der Waals surface area contributed by atoms with Gasteiger partial charge in [0.2, 0.25) is 11.9 Å². The minimum Gasteiger partial charge on any atom is -0.383 e. The third-order valence-electron chi connectivity index (χ3n) is 7.55. The van der Waals surface area contributed by atoms with Gasteiger partial charge in [0, 0.05) is 49.8 Å². The highest BCUT2D eigenvalue weighted by Gasteiger charge is 2.53. The normalized spacial score (nSPS) is 29.6. The minimum atomic E-state index is -4.61. The summed E-state index contributed by atoms with van der Waals surface area (Å²) < 4.78 is 40.4. The molecule has 2 aromatic heterocycles. The monoisotopic (exact) mass is 459 g/mol. The molecule has 4 aliphatic heterocycles. The highest BCUT2D eigenvalue weighted by atomic mass is 19.4. The number of carbonyl (C=O) groups excluding carboxylic acids is 1. The van der Waals surface area contributed by atoms with Gasteiger partial charge < -0.3 is 20.9 Å². The Morgan fingerprint density at radius 1 is 1.15 bits per heavy atom. The average molecular weight is 459 g/mol. The first-order valence-electron chi connectivity index (χ1n) is 11.2. The summed E-state index contributed by atoms with van der Waals surface area (Å²) in [4.78, 5) is 29.2. The van der Waals surface area contributed by atoms with E-state index in [-0.39, 0.29) is 23.6 Å². The maximum absolute atomic E-state index is 13.5. The number of nitrogens with one attached hydrogen (secondary N) is 1. The number of halogens is 3. The van der Waals surface area contributed by atoms with Gasteiger partial charge in [-0.1, -0.05) is 0 Å². The fourth-order valence-corrected chi connectivity index (χ4v) is 5.80. The number of pyridine rings is 1. The van der Waals surface area contributed by atoms with E-state index in [0.29, 0.717) is 35.3 Å². The maximum atomic E-state index is 13.5. The van der Waals surface area contributed by atoms with E-state index in [9.17, 15) is 18.0 Å². The van der Waals surface area contributed by atoms with E-state index in [1.807, 2.05) is 0 Å². The number of alkyl halides is 3. The summed E-state index contributed by atoms with van der Waals surface area (Å²) in [5, 5.41) is 3.02. The number of rotatable bonds is 4. The molecule has 2 saturated carbocycles. The van der Waals surface area contributed by atoms with Crippen LogP contribution < -0.4 is 20.9 Å². The van der Waals surface area contributed by atoms with Gasteiger partial charge in [-0.05, 0) is 31.2 Å². The Morgan fingerprint density at radius 3 is 2.61 bits per heavy atom. The van der Waals surface area contributed by atoms with Crippen molar-refractivity contribution in [1.82, 2.24) is 20.3 Å². The molecule has 4 bridgehead atoms. The lowest BCUT2D eigenvalue weighted by atomic mass is 9.80. The molecule has 6 heterocycles. The summed E-state index contributed by atoms with van der Waals surface area (Å²) in [5.41, 5.74) is 5.16. The predicted octanol–water partition coefficient (Wildman–Crippen LogP) is 2.45. The van der Waals surface area contributed by atoms with Crippen molar-refractivity contribution in [3.63, 3.8) is 0 Å². The van der Waals surface area contributed by atoms with Crippen molar-refractivity contribution in [1.29, 1.82) is 0 Å². The molecule has 6 aliphatic rings. The van der Waals surface area contributed by atoms with Gasteiger partial charge in [-0.3, -0.25) is 4.79 Å². The minimum absolute atomic E-state index is 0.0647. The largest absolute Gasteiger partial charge is 0.419 e. The lowest BCUT2D eigenvalue weighted by Crippen LogP contribution is -2.54. The Hall–Kier alpha value is -3.11. The number of hydrogen-bond donors (Lipinski definition) is 2. The number of carbonyl (C=O) groups is 1. The molecule has 1 unspecified atom stereocenters. The highest BCUT2D eigenvalue weighted by molar-refractivity contribution is 5.74. The van der Waals surface area contributed by atoms with Crippen LogP contribution in [0.4, 0.5) is 30.8 Å². The molecule has 2 aliphatic carbocycles. The van der Waals surface area contributed by atoms with Gasteiger partial charge in [0.15, 0.2) is 0 Å². The van der Waals surface area contributed by atoms with Crippen molar-refractivity contribution in [3.8, 4) is 11.3 Å². The Bertz CT molecular complexity index is 1130. The van der Waals surface area contributed by atoms with Crippen LogP contribution in [0.5, 0.6) is 0 Å². The highest BCUT2D eigenvalue weighted by Crippen LogP contribution is 2.46. The van der Waals surface area contributed by atoms with Gasteiger partial charge >= 0.3 is 6.18 Å². The number of amides is 1. The Balaban J connectivity index is 1.40. The second-order valence-electron chi connectivity index (χ2n) is 9.65. The number of fused-ring (bicyclic) bond motifs is 2. The van der Waals surface area contributed by atoms with Crippen molar-refractivity contribution >= 4 is 23.5 Å². The van der Waals surface area contributed by atoms with E-state index >= 15 is 0 Å². The van der Waals surface area contributed by atoms with E-state index in [4.69, 9.17) is 10.7 Å². The molecule has 8 nitrogen and oxygen atoms in total. The maximum Gasteiger partial charge on any atom is 0.419 e.